The topological polar surface area (TPSA) is 46.3 Å². The Morgan fingerprint density at radius 3 is 2.61 bits per heavy atom. The van der Waals surface area contributed by atoms with Crippen molar-refractivity contribution < 1.29 is 18.0 Å². The fourth-order valence-corrected chi connectivity index (χ4v) is 1.56. The summed E-state index contributed by atoms with van der Waals surface area (Å²) in [5.74, 6) is -1.00. The Bertz CT molecular complexity index is 424. The molecule has 0 saturated heterocycles. The minimum absolute atomic E-state index is 0.0413. The second-order valence-electron chi connectivity index (χ2n) is 3.89. The van der Waals surface area contributed by atoms with Crippen molar-refractivity contribution >= 4 is 5.91 Å². The Labute approximate surface area is 103 Å². The van der Waals surface area contributed by atoms with Gasteiger partial charge in [-0.1, -0.05) is 0 Å². The molecule has 0 bridgehead atoms. The van der Waals surface area contributed by atoms with Crippen molar-refractivity contribution in [3.63, 3.8) is 0 Å². The summed E-state index contributed by atoms with van der Waals surface area (Å²) in [4.78, 5) is 12.9. The first-order valence-corrected chi connectivity index (χ1v) is 5.49. The van der Waals surface area contributed by atoms with Crippen LogP contribution < -0.4 is 5.73 Å². The van der Waals surface area contributed by atoms with E-state index < -0.39 is 24.7 Å². The van der Waals surface area contributed by atoms with E-state index in [4.69, 9.17) is 5.73 Å². The molecule has 1 aromatic carbocycles. The molecule has 3 nitrogen and oxygen atoms in total. The van der Waals surface area contributed by atoms with Crippen LogP contribution in [-0.4, -0.2) is 36.9 Å². The Balaban J connectivity index is 2.90. The van der Waals surface area contributed by atoms with Crippen molar-refractivity contribution in [2.45, 2.75) is 13.3 Å². The second-order valence-corrected chi connectivity index (χ2v) is 3.89. The predicted octanol–water partition coefficient (Wildman–Crippen LogP) is 1.80. The van der Waals surface area contributed by atoms with Crippen LogP contribution in [0.25, 0.3) is 0 Å². The molecule has 1 amide bonds. The summed E-state index contributed by atoms with van der Waals surface area (Å²) in [6.45, 7) is 0.969. The molecule has 0 atom stereocenters. The first kappa shape index (κ1) is 14.5. The Hall–Kier alpha value is -1.56. The molecule has 0 heterocycles. The van der Waals surface area contributed by atoms with Gasteiger partial charge < -0.3 is 10.6 Å². The Kier molecular flexibility index (Phi) is 5.15. The molecular formula is C12H15F3N2O. The molecule has 0 unspecified atom stereocenters. The fourth-order valence-electron chi connectivity index (χ4n) is 1.56. The van der Waals surface area contributed by atoms with Gasteiger partial charge in [0, 0.05) is 18.7 Å². The maximum absolute atomic E-state index is 13.1. The van der Waals surface area contributed by atoms with Gasteiger partial charge in [-0.05, 0) is 30.7 Å². The van der Waals surface area contributed by atoms with Crippen LogP contribution in [0, 0.1) is 12.7 Å². The van der Waals surface area contributed by atoms with Crippen molar-refractivity contribution in [3.05, 3.63) is 35.1 Å². The summed E-state index contributed by atoms with van der Waals surface area (Å²) in [6, 6.07) is 3.76. The highest BCUT2D eigenvalue weighted by atomic mass is 19.3. The van der Waals surface area contributed by atoms with E-state index in [1.165, 1.54) is 19.1 Å². The monoisotopic (exact) mass is 260 g/mol. The van der Waals surface area contributed by atoms with E-state index in [2.05, 4.69) is 0 Å². The molecule has 1 rings (SSSR count). The third kappa shape index (κ3) is 3.73. The molecule has 0 saturated carbocycles. The smallest absolute Gasteiger partial charge is 0.255 e. The lowest BCUT2D eigenvalue weighted by atomic mass is 10.1. The Morgan fingerprint density at radius 2 is 2.11 bits per heavy atom. The summed E-state index contributed by atoms with van der Waals surface area (Å²) >= 11 is 0. The third-order valence-corrected chi connectivity index (χ3v) is 2.45. The first-order valence-electron chi connectivity index (χ1n) is 5.49. The van der Waals surface area contributed by atoms with Gasteiger partial charge in [0.05, 0.1) is 6.54 Å². The van der Waals surface area contributed by atoms with Crippen LogP contribution in [0.5, 0.6) is 0 Å². The molecule has 1 aromatic rings. The molecule has 2 N–H and O–H groups in total. The van der Waals surface area contributed by atoms with Crippen molar-refractivity contribution in [3.8, 4) is 0 Å². The van der Waals surface area contributed by atoms with Crippen LogP contribution in [0.4, 0.5) is 13.2 Å². The second kappa shape index (κ2) is 6.39. The van der Waals surface area contributed by atoms with Crippen molar-refractivity contribution in [2.75, 3.05) is 19.6 Å². The van der Waals surface area contributed by atoms with E-state index in [0.29, 0.717) is 5.56 Å². The standard InChI is InChI=1S/C12H15F3N2O/c1-8-6-9(2-3-10(8)13)12(18)17(5-4-16)7-11(14)15/h2-3,6,11H,4-5,7,16H2,1H3. The summed E-state index contributed by atoms with van der Waals surface area (Å²) in [5, 5.41) is 0. The average Bonchev–Trinajstić information content (AvgIpc) is 2.31. The van der Waals surface area contributed by atoms with Crippen LogP contribution in [0.2, 0.25) is 0 Å². The van der Waals surface area contributed by atoms with Crippen LogP contribution >= 0.6 is 0 Å². The average molecular weight is 260 g/mol. The van der Waals surface area contributed by atoms with E-state index in [-0.39, 0.29) is 18.7 Å². The molecule has 18 heavy (non-hydrogen) atoms. The van der Waals surface area contributed by atoms with Gasteiger partial charge in [-0.25, -0.2) is 13.2 Å². The van der Waals surface area contributed by atoms with Crippen LogP contribution in [0.15, 0.2) is 18.2 Å². The van der Waals surface area contributed by atoms with Gasteiger partial charge in [0.25, 0.3) is 12.3 Å². The summed E-state index contributed by atoms with van der Waals surface area (Å²) < 4.78 is 37.7. The zero-order valence-electron chi connectivity index (χ0n) is 10.00. The molecule has 0 aliphatic carbocycles. The number of hydrogen-bond donors (Lipinski definition) is 1. The lowest BCUT2D eigenvalue weighted by Crippen LogP contribution is -2.38. The van der Waals surface area contributed by atoms with Crippen molar-refractivity contribution in [1.29, 1.82) is 0 Å². The zero-order valence-corrected chi connectivity index (χ0v) is 10.00. The van der Waals surface area contributed by atoms with Crippen LogP contribution in [-0.2, 0) is 0 Å². The predicted molar refractivity (Wildman–Crippen MR) is 62.1 cm³/mol. The minimum Gasteiger partial charge on any atom is -0.332 e. The summed E-state index contributed by atoms with van der Waals surface area (Å²) in [7, 11) is 0. The Morgan fingerprint density at radius 1 is 1.44 bits per heavy atom. The van der Waals surface area contributed by atoms with E-state index in [9.17, 15) is 18.0 Å². The minimum atomic E-state index is -2.62. The molecular weight excluding hydrogens is 245 g/mol. The number of carbonyl (C=O) groups excluding carboxylic acids is 1. The van der Waals surface area contributed by atoms with Gasteiger partial charge >= 0.3 is 0 Å². The molecule has 0 fully saturated rings. The highest BCUT2D eigenvalue weighted by molar-refractivity contribution is 5.94. The van der Waals surface area contributed by atoms with E-state index >= 15 is 0 Å². The summed E-state index contributed by atoms with van der Waals surface area (Å²) in [5.41, 5.74) is 5.76. The number of nitrogens with two attached hydrogens (primary N) is 1. The van der Waals surface area contributed by atoms with Gasteiger partial charge in [0.1, 0.15) is 5.82 Å². The summed E-state index contributed by atoms with van der Waals surface area (Å²) in [6.07, 6.45) is -2.62. The lowest BCUT2D eigenvalue weighted by Gasteiger charge is -2.21. The van der Waals surface area contributed by atoms with Crippen LogP contribution in [0.1, 0.15) is 15.9 Å². The van der Waals surface area contributed by atoms with Gasteiger partial charge in [-0.2, -0.15) is 0 Å². The van der Waals surface area contributed by atoms with Crippen LogP contribution in [0.3, 0.4) is 0 Å². The highest BCUT2D eigenvalue weighted by Crippen LogP contribution is 2.12. The quantitative estimate of drug-likeness (QED) is 0.877. The zero-order chi connectivity index (χ0) is 13.7. The molecule has 100 valence electrons. The van der Waals surface area contributed by atoms with E-state index in [1.54, 1.807) is 0 Å². The number of halogens is 3. The number of carbonyl (C=O) groups is 1. The maximum Gasteiger partial charge on any atom is 0.255 e. The van der Waals surface area contributed by atoms with Gasteiger partial charge in [-0.15, -0.1) is 0 Å². The van der Waals surface area contributed by atoms with Crippen molar-refractivity contribution in [2.24, 2.45) is 5.73 Å². The number of rotatable bonds is 5. The van der Waals surface area contributed by atoms with Gasteiger partial charge in [0.2, 0.25) is 0 Å². The van der Waals surface area contributed by atoms with E-state index in [1.807, 2.05) is 0 Å². The molecule has 0 spiro atoms. The largest absolute Gasteiger partial charge is 0.332 e. The molecule has 6 heteroatoms. The number of benzene rings is 1. The SMILES string of the molecule is Cc1cc(C(=O)N(CCN)CC(F)F)ccc1F. The molecule has 0 radical (unpaired) electrons. The number of amides is 1. The lowest BCUT2D eigenvalue weighted by molar-refractivity contribution is 0.0563. The normalized spacial score (nSPS) is 10.8. The molecule has 0 aromatic heterocycles. The highest BCUT2D eigenvalue weighted by Gasteiger charge is 2.19. The van der Waals surface area contributed by atoms with Gasteiger partial charge in [0.15, 0.2) is 0 Å². The maximum atomic E-state index is 13.1. The third-order valence-electron chi connectivity index (χ3n) is 2.45. The fraction of sp³-hybridized carbons (Fsp3) is 0.417. The van der Waals surface area contributed by atoms with E-state index in [0.717, 1.165) is 11.0 Å². The number of alkyl halides is 2. The number of hydrogen-bond acceptors (Lipinski definition) is 2. The number of nitrogens with zero attached hydrogens (tertiary/aromatic N) is 1. The first-order chi connectivity index (χ1) is 8.45. The molecule has 0 aliphatic rings. The van der Waals surface area contributed by atoms with Crippen molar-refractivity contribution in [1.82, 2.24) is 4.90 Å². The van der Waals surface area contributed by atoms with Gasteiger partial charge in [-0.3, -0.25) is 4.79 Å². The molecule has 0 aliphatic heterocycles. The number of aryl methyl sites for hydroxylation is 1.